The normalized spacial score (nSPS) is 13.3. The largest absolute Gasteiger partial charge is 0.489 e. The molecule has 5 rings (SSSR count). The standard InChI is InChI=1S/C34H37ClN4O3S/c1-6-23-8-7-9-30(42-22(4)5)31(23)39-29(18-21(2)3)26(33(40)38-16-14-36-15-17-38)19-27(34(39)41)32-37-28(20-43-32)24-10-12-25(35)13-11-24/h7-13,18-20,22,36H,6,14-17H2,1-5H3. The Morgan fingerprint density at radius 3 is 2.51 bits per heavy atom. The molecule has 3 heterocycles. The monoisotopic (exact) mass is 616 g/mol. The Bertz CT molecular complexity index is 1710. The number of ether oxygens (including phenoxy) is 1. The number of aryl methyl sites for hydroxylation is 1. The molecule has 7 nitrogen and oxygen atoms in total. The van der Waals surface area contributed by atoms with Crippen LogP contribution in [0.4, 0.5) is 0 Å². The summed E-state index contributed by atoms with van der Waals surface area (Å²) < 4.78 is 7.96. The van der Waals surface area contributed by atoms with Crippen molar-refractivity contribution in [1.29, 1.82) is 0 Å². The van der Waals surface area contributed by atoms with Gasteiger partial charge in [-0.2, -0.15) is 0 Å². The Morgan fingerprint density at radius 1 is 1.14 bits per heavy atom. The number of aromatic nitrogens is 2. The van der Waals surface area contributed by atoms with Gasteiger partial charge >= 0.3 is 0 Å². The molecule has 1 aliphatic rings. The van der Waals surface area contributed by atoms with E-state index in [-0.39, 0.29) is 17.6 Å². The highest BCUT2D eigenvalue weighted by Gasteiger charge is 2.28. The molecule has 9 heteroatoms. The quantitative estimate of drug-likeness (QED) is 0.229. The first kappa shape index (κ1) is 30.7. The highest BCUT2D eigenvalue weighted by Crippen LogP contribution is 2.34. The minimum Gasteiger partial charge on any atom is -0.489 e. The minimum atomic E-state index is -0.254. The second-order valence-corrected chi connectivity index (χ2v) is 12.4. The Balaban J connectivity index is 1.83. The Morgan fingerprint density at radius 2 is 1.86 bits per heavy atom. The number of para-hydroxylation sites is 1. The van der Waals surface area contributed by atoms with Crippen molar-refractivity contribution in [2.24, 2.45) is 0 Å². The van der Waals surface area contributed by atoms with Crippen LogP contribution in [0.15, 0.2) is 64.3 Å². The maximum absolute atomic E-state index is 14.7. The summed E-state index contributed by atoms with van der Waals surface area (Å²) in [6.45, 7) is 12.5. The summed E-state index contributed by atoms with van der Waals surface area (Å²) in [7, 11) is 0. The van der Waals surface area contributed by atoms with Crippen LogP contribution in [0.2, 0.25) is 5.02 Å². The van der Waals surface area contributed by atoms with E-state index in [0.717, 1.165) is 35.5 Å². The molecule has 0 radical (unpaired) electrons. The van der Waals surface area contributed by atoms with Crippen LogP contribution in [0.25, 0.3) is 33.6 Å². The van der Waals surface area contributed by atoms with E-state index >= 15 is 0 Å². The number of allylic oxidation sites excluding steroid dienone is 1. The van der Waals surface area contributed by atoms with Crippen molar-refractivity contribution in [3.63, 3.8) is 0 Å². The van der Waals surface area contributed by atoms with Crippen LogP contribution in [-0.4, -0.2) is 52.6 Å². The molecule has 0 unspecified atom stereocenters. The van der Waals surface area contributed by atoms with Gasteiger partial charge in [0.1, 0.15) is 10.8 Å². The molecule has 4 aromatic rings. The molecule has 1 saturated heterocycles. The van der Waals surface area contributed by atoms with Gasteiger partial charge in [-0.3, -0.25) is 14.2 Å². The Hall–Kier alpha value is -3.72. The predicted molar refractivity (Wildman–Crippen MR) is 177 cm³/mol. The van der Waals surface area contributed by atoms with Gasteiger partial charge in [0.25, 0.3) is 11.5 Å². The van der Waals surface area contributed by atoms with Crippen LogP contribution in [0.1, 0.15) is 56.2 Å². The molecule has 0 atom stereocenters. The lowest BCUT2D eigenvalue weighted by Crippen LogP contribution is -2.47. The lowest BCUT2D eigenvalue weighted by molar-refractivity contribution is 0.0735. The third-order valence-corrected chi connectivity index (χ3v) is 8.35. The first-order valence-electron chi connectivity index (χ1n) is 14.6. The van der Waals surface area contributed by atoms with E-state index in [4.69, 9.17) is 21.3 Å². The number of carbonyl (C=O) groups is 1. The van der Waals surface area contributed by atoms with E-state index in [1.807, 2.05) is 86.5 Å². The number of benzene rings is 2. The minimum absolute atomic E-state index is 0.112. The molecule has 1 N–H and O–H groups in total. The number of nitrogens with zero attached hydrogens (tertiary/aromatic N) is 3. The van der Waals surface area contributed by atoms with Gasteiger partial charge in [0.2, 0.25) is 0 Å². The fourth-order valence-corrected chi connectivity index (χ4v) is 6.20. The van der Waals surface area contributed by atoms with E-state index in [9.17, 15) is 9.59 Å². The number of rotatable bonds is 8. The fraction of sp³-hybridized carbons (Fsp3) is 0.324. The molecular formula is C34H37ClN4O3S. The number of carbonyl (C=O) groups excluding carboxylic acids is 1. The van der Waals surface area contributed by atoms with Gasteiger partial charge in [0, 0.05) is 42.1 Å². The molecule has 1 aliphatic heterocycles. The SMILES string of the molecule is CCc1cccc(OC(C)C)c1-n1c(C=C(C)C)c(C(=O)N2CCNCC2)cc(-c2nc(-c3ccc(Cl)cc3)cs2)c1=O. The molecular weight excluding hydrogens is 580 g/mol. The number of hydrogen-bond donors (Lipinski definition) is 1. The van der Waals surface area contributed by atoms with Crippen molar-refractivity contribution in [3.8, 4) is 33.3 Å². The van der Waals surface area contributed by atoms with Crippen LogP contribution in [0.5, 0.6) is 5.75 Å². The number of piperazine rings is 1. The van der Waals surface area contributed by atoms with Gasteiger partial charge in [0.05, 0.1) is 34.3 Å². The molecule has 0 spiro atoms. The summed E-state index contributed by atoms with van der Waals surface area (Å²) in [5, 5.41) is 6.43. The maximum atomic E-state index is 14.7. The highest BCUT2D eigenvalue weighted by atomic mass is 35.5. The molecule has 224 valence electrons. The van der Waals surface area contributed by atoms with Gasteiger partial charge < -0.3 is 15.0 Å². The summed E-state index contributed by atoms with van der Waals surface area (Å²) in [6.07, 6.45) is 2.49. The van der Waals surface area contributed by atoms with Crippen LogP contribution < -0.4 is 15.6 Å². The molecule has 2 aromatic heterocycles. The second kappa shape index (κ2) is 13.3. The third kappa shape index (κ3) is 6.61. The first-order valence-corrected chi connectivity index (χ1v) is 15.9. The predicted octanol–water partition coefficient (Wildman–Crippen LogP) is 7.10. The molecule has 0 aliphatic carbocycles. The van der Waals surface area contributed by atoms with Gasteiger partial charge in [-0.15, -0.1) is 11.3 Å². The van der Waals surface area contributed by atoms with E-state index < -0.39 is 0 Å². The maximum Gasteiger partial charge on any atom is 0.266 e. The topological polar surface area (TPSA) is 76.5 Å². The summed E-state index contributed by atoms with van der Waals surface area (Å²) >= 11 is 7.49. The van der Waals surface area contributed by atoms with Crippen molar-refractivity contribution < 1.29 is 9.53 Å². The molecule has 0 bridgehead atoms. The molecule has 2 aromatic carbocycles. The van der Waals surface area contributed by atoms with Gasteiger partial charge in [-0.05, 0) is 70.0 Å². The Kier molecular flexibility index (Phi) is 9.49. The number of nitrogens with one attached hydrogen (secondary N) is 1. The van der Waals surface area contributed by atoms with Crippen molar-refractivity contribution >= 4 is 34.9 Å². The van der Waals surface area contributed by atoms with E-state index in [1.54, 1.807) is 10.6 Å². The van der Waals surface area contributed by atoms with E-state index in [0.29, 0.717) is 57.8 Å². The zero-order valence-corrected chi connectivity index (χ0v) is 26.8. The van der Waals surface area contributed by atoms with Gasteiger partial charge in [0.15, 0.2) is 0 Å². The zero-order chi connectivity index (χ0) is 30.7. The number of thiazole rings is 1. The average Bonchev–Trinajstić information content (AvgIpc) is 3.48. The van der Waals surface area contributed by atoms with Crippen LogP contribution in [-0.2, 0) is 6.42 Å². The lowest BCUT2D eigenvalue weighted by atomic mass is 10.0. The number of halogens is 1. The van der Waals surface area contributed by atoms with Crippen LogP contribution in [0, 0.1) is 0 Å². The van der Waals surface area contributed by atoms with Gasteiger partial charge in [-0.1, -0.05) is 48.4 Å². The second-order valence-electron chi connectivity index (χ2n) is 11.1. The van der Waals surface area contributed by atoms with Crippen molar-refractivity contribution in [2.75, 3.05) is 26.2 Å². The Labute approximate surface area is 261 Å². The summed E-state index contributed by atoms with van der Waals surface area (Å²) in [5.74, 6) is 0.484. The molecule has 1 amide bonds. The summed E-state index contributed by atoms with van der Waals surface area (Å²) in [5.41, 5.74) is 5.33. The number of pyridine rings is 1. The van der Waals surface area contributed by atoms with Crippen molar-refractivity contribution in [3.05, 3.63) is 91.7 Å². The molecule has 1 fully saturated rings. The number of amides is 1. The summed E-state index contributed by atoms with van der Waals surface area (Å²) in [6, 6.07) is 15.0. The van der Waals surface area contributed by atoms with Gasteiger partial charge in [-0.25, -0.2) is 4.98 Å². The van der Waals surface area contributed by atoms with Crippen molar-refractivity contribution in [1.82, 2.24) is 19.8 Å². The molecule has 0 saturated carbocycles. The third-order valence-electron chi connectivity index (χ3n) is 7.22. The van der Waals surface area contributed by atoms with Crippen molar-refractivity contribution in [2.45, 2.75) is 47.1 Å². The smallest absolute Gasteiger partial charge is 0.266 e. The summed E-state index contributed by atoms with van der Waals surface area (Å²) in [4.78, 5) is 35.7. The lowest BCUT2D eigenvalue weighted by Gasteiger charge is -2.29. The van der Waals surface area contributed by atoms with E-state index in [2.05, 4.69) is 12.2 Å². The highest BCUT2D eigenvalue weighted by molar-refractivity contribution is 7.13. The van der Waals surface area contributed by atoms with Crippen LogP contribution in [0.3, 0.4) is 0 Å². The first-order chi connectivity index (χ1) is 20.7. The van der Waals surface area contributed by atoms with E-state index in [1.165, 1.54) is 11.3 Å². The van der Waals surface area contributed by atoms with Crippen LogP contribution >= 0.6 is 22.9 Å². The zero-order valence-electron chi connectivity index (χ0n) is 25.2. The average molecular weight is 617 g/mol. The number of hydrogen-bond acceptors (Lipinski definition) is 6. The fourth-order valence-electron chi connectivity index (χ4n) is 5.24. The molecule has 43 heavy (non-hydrogen) atoms.